The van der Waals surface area contributed by atoms with Crippen LogP contribution in [0.2, 0.25) is 0 Å². The number of aromatic nitrogens is 1. The summed E-state index contributed by atoms with van der Waals surface area (Å²) in [4.78, 5) is 4.11. The summed E-state index contributed by atoms with van der Waals surface area (Å²) >= 11 is 0. The average molecular weight is 284 g/mol. The maximum Gasteiger partial charge on any atom is 0.123 e. The molecule has 1 heterocycles. The molecule has 1 aromatic heterocycles. The van der Waals surface area contributed by atoms with Gasteiger partial charge in [0.25, 0.3) is 0 Å². The fourth-order valence-electron chi connectivity index (χ4n) is 2.73. The van der Waals surface area contributed by atoms with Crippen molar-refractivity contribution >= 4 is 0 Å². The first-order valence-corrected chi connectivity index (χ1v) is 7.45. The SMILES string of the molecule is CCNC(c1cc(C)ccc1OC)C(C)c1ccncc1. The highest BCUT2D eigenvalue weighted by Crippen LogP contribution is 2.35. The molecule has 2 atom stereocenters. The summed E-state index contributed by atoms with van der Waals surface area (Å²) in [5.41, 5.74) is 3.74. The lowest BCUT2D eigenvalue weighted by molar-refractivity contribution is 0.390. The second-order valence-corrected chi connectivity index (χ2v) is 5.35. The number of aryl methyl sites for hydroxylation is 1. The highest BCUT2D eigenvalue weighted by molar-refractivity contribution is 5.41. The molecular weight excluding hydrogens is 260 g/mol. The van der Waals surface area contributed by atoms with Gasteiger partial charge in [0.15, 0.2) is 0 Å². The van der Waals surface area contributed by atoms with Crippen molar-refractivity contribution in [1.82, 2.24) is 10.3 Å². The molecule has 0 aliphatic heterocycles. The fraction of sp³-hybridized carbons (Fsp3) is 0.389. The van der Waals surface area contributed by atoms with Crippen LogP contribution in [0.3, 0.4) is 0 Å². The number of methoxy groups -OCH3 is 1. The molecule has 112 valence electrons. The van der Waals surface area contributed by atoms with Crippen LogP contribution in [0.5, 0.6) is 5.75 Å². The summed E-state index contributed by atoms with van der Waals surface area (Å²) in [5, 5.41) is 3.60. The minimum absolute atomic E-state index is 0.215. The Bertz CT molecular complexity index is 569. The van der Waals surface area contributed by atoms with E-state index >= 15 is 0 Å². The van der Waals surface area contributed by atoms with E-state index in [-0.39, 0.29) is 6.04 Å². The van der Waals surface area contributed by atoms with Crippen molar-refractivity contribution in [1.29, 1.82) is 0 Å². The van der Waals surface area contributed by atoms with Gasteiger partial charge in [-0.1, -0.05) is 31.5 Å². The standard InChI is InChI=1S/C18H24N2O/c1-5-20-18(14(3)15-8-10-19-11-9-15)16-12-13(2)6-7-17(16)21-4/h6-12,14,18,20H,5H2,1-4H3. The summed E-state index contributed by atoms with van der Waals surface area (Å²) in [6, 6.07) is 10.7. The van der Waals surface area contributed by atoms with Crippen molar-refractivity contribution in [3.8, 4) is 5.75 Å². The van der Waals surface area contributed by atoms with Gasteiger partial charge < -0.3 is 10.1 Å². The number of hydrogen-bond acceptors (Lipinski definition) is 3. The van der Waals surface area contributed by atoms with Crippen LogP contribution in [-0.2, 0) is 0 Å². The van der Waals surface area contributed by atoms with Crippen molar-refractivity contribution in [2.75, 3.05) is 13.7 Å². The zero-order chi connectivity index (χ0) is 15.2. The Hall–Kier alpha value is -1.87. The molecule has 21 heavy (non-hydrogen) atoms. The largest absolute Gasteiger partial charge is 0.496 e. The zero-order valence-corrected chi connectivity index (χ0v) is 13.3. The van der Waals surface area contributed by atoms with Crippen LogP contribution in [0.25, 0.3) is 0 Å². The van der Waals surface area contributed by atoms with E-state index in [1.54, 1.807) is 7.11 Å². The van der Waals surface area contributed by atoms with Crippen molar-refractivity contribution in [3.05, 3.63) is 59.4 Å². The number of ether oxygens (including phenoxy) is 1. The number of likely N-dealkylation sites (N-methyl/N-ethyl adjacent to an activating group) is 1. The number of nitrogens with one attached hydrogen (secondary N) is 1. The molecule has 2 unspecified atom stereocenters. The van der Waals surface area contributed by atoms with E-state index in [4.69, 9.17) is 4.74 Å². The van der Waals surface area contributed by atoms with Crippen LogP contribution in [0.1, 0.15) is 42.5 Å². The number of pyridine rings is 1. The Labute approximate surface area is 127 Å². The van der Waals surface area contributed by atoms with Gasteiger partial charge in [0.1, 0.15) is 5.75 Å². The highest BCUT2D eigenvalue weighted by atomic mass is 16.5. The molecule has 0 aliphatic rings. The second-order valence-electron chi connectivity index (χ2n) is 5.35. The van der Waals surface area contributed by atoms with E-state index in [0.29, 0.717) is 5.92 Å². The lowest BCUT2D eigenvalue weighted by Crippen LogP contribution is -2.26. The van der Waals surface area contributed by atoms with E-state index in [1.165, 1.54) is 16.7 Å². The van der Waals surface area contributed by atoms with E-state index in [1.807, 2.05) is 18.5 Å². The van der Waals surface area contributed by atoms with Gasteiger partial charge in [-0.2, -0.15) is 0 Å². The summed E-state index contributed by atoms with van der Waals surface area (Å²) in [6.45, 7) is 7.40. The number of benzene rings is 1. The molecule has 0 saturated heterocycles. The van der Waals surface area contributed by atoms with Gasteiger partial charge in [-0.05, 0) is 37.2 Å². The third-order valence-corrected chi connectivity index (χ3v) is 3.88. The molecule has 0 spiro atoms. The molecule has 3 heteroatoms. The summed E-state index contributed by atoms with van der Waals surface area (Å²) in [5.74, 6) is 1.27. The van der Waals surface area contributed by atoms with Gasteiger partial charge in [0.2, 0.25) is 0 Å². The molecule has 0 bridgehead atoms. The lowest BCUT2D eigenvalue weighted by Gasteiger charge is -2.27. The van der Waals surface area contributed by atoms with Crippen molar-refractivity contribution < 1.29 is 4.74 Å². The number of hydrogen-bond donors (Lipinski definition) is 1. The van der Waals surface area contributed by atoms with E-state index in [2.05, 4.69) is 55.3 Å². The van der Waals surface area contributed by atoms with Crippen LogP contribution in [0.15, 0.2) is 42.7 Å². The minimum atomic E-state index is 0.215. The Morgan fingerprint density at radius 1 is 1.19 bits per heavy atom. The van der Waals surface area contributed by atoms with Crippen LogP contribution < -0.4 is 10.1 Å². The average Bonchev–Trinajstić information content (AvgIpc) is 2.53. The van der Waals surface area contributed by atoms with Crippen LogP contribution in [-0.4, -0.2) is 18.6 Å². The quantitative estimate of drug-likeness (QED) is 0.874. The van der Waals surface area contributed by atoms with Gasteiger partial charge in [0, 0.05) is 29.9 Å². The van der Waals surface area contributed by atoms with Gasteiger partial charge in [0.05, 0.1) is 7.11 Å². The Morgan fingerprint density at radius 3 is 2.52 bits per heavy atom. The predicted molar refractivity (Wildman–Crippen MR) is 86.8 cm³/mol. The molecular formula is C18H24N2O. The third-order valence-electron chi connectivity index (χ3n) is 3.88. The normalized spacial score (nSPS) is 13.7. The van der Waals surface area contributed by atoms with Crippen LogP contribution in [0, 0.1) is 6.92 Å². The van der Waals surface area contributed by atoms with Gasteiger partial charge in [-0.25, -0.2) is 0 Å². The monoisotopic (exact) mass is 284 g/mol. The molecule has 0 aliphatic carbocycles. The van der Waals surface area contributed by atoms with Gasteiger partial charge in [-0.15, -0.1) is 0 Å². The smallest absolute Gasteiger partial charge is 0.123 e. The zero-order valence-electron chi connectivity index (χ0n) is 13.3. The summed E-state index contributed by atoms with van der Waals surface area (Å²) in [6.07, 6.45) is 3.70. The molecule has 0 amide bonds. The second kappa shape index (κ2) is 7.23. The molecule has 2 aromatic rings. The minimum Gasteiger partial charge on any atom is -0.496 e. The fourth-order valence-corrected chi connectivity index (χ4v) is 2.73. The highest BCUT2D eigenvalue weighted by Gasteiger charge is 2.23. The molecule has 1 N–H and O–H groups in total. The first-order chi connectivity index (χ1) is 10.2. The summed E-state index contributed by atoms with van der Waals surface area (Å²) < 4.78 is 5.56. The van der Waals surface area contributed by atoms with Crippen molar-refractivity contribution in [3.63, 3.8) is 0 Å². The first kappa shape index (κ1) is 15.5. The molecule has 0 fully saturated rings. The van der Waals surface area contributed by atoms with Crippen molar-refractivity contribution in [2.45, 2.75) is 32.7 Å². The molecule has 3 nitrogen and oxygen atoms in total. The Balaban J connectivity index is 2.41. The molecule has 2 rings (SSSR count). The lowest BCUT2D eigenvalue weighted by atomic mass is 9.88. The third kappa shape index (κ3) is 3.61. The van der Waals surface area contributed by atoms with Gasteiger partial charge >= 0.3 is 0 Å². The predicted octanol–water partition coefficient (Wildman–Crippen LogP) is 3.85. The van der Waals surface area contributed by atoms with Crippen molar-refractivity contribution in [2.24, 2.45) is 0 Å². The van der Waals surface area contributed by atoms with E-state index in [0.717, 1.165) is 12.3 Å². The maximum absolute atomic E-state index is 5.56. The van der Waals surface area contributed by atoms with Crippen LogP contribution >= 0.6 is 0 Å². The Kier molecular flexibility index (Phi) is 5.34. The van der Waals surface area contributed by atoms with Gasteiger partial charge in [-0.3, -0.25) is 4.98 Å². The Morgan fingerprint density at radius 2 is 1.90 bits per heavy atom. The number of nitrogens with zero attached hydrogens (tertiary/aromatic N) is 1. The first-order valence-electron chi connectivity index (χ1n) is 7.45. The topological polar surface area (TPSA) is 34.1 Å². The molecule has 0 saturated carbocycles. The number of rotatable bonds is 6. The maximum atomic E-state index is 5.56. The van der Waals surface area contributed by atoms with E-state index < -0.39 is 0 Å². The van der Waals surface area contributed by atoms with E-state index in [9.17, 15) is 0 Å². The van der Waals surface area contributed by atoms with Crippen LogP contribution in [0.4, 0.5) is 0 Å². The summed E-state index contributed by atoms with van der Waals surface area (Å²) in [7, 11) is 1.73. The molecule has 0 radical (unpaired) electrons. The molecule has 1 aromatic carbocycles.